The van der Waals surface area contributed by atoms with Gasteiger partial charge in [0, 0.05) is 28.9 Å². The molecule has 0 fully saturated rings. The van der Waals surface area contributed by atoms with Crippen LogP contribution in [0, 0.1) is 5.92 Å². The summed E-state index contributed by atoms with van der Waals surface area (Å²) in [5.41, 5.74) is 12.2. The molecule has 1 N–H and O–H groups in total. The molecule has 0 bridgehead atoms. The predicted molar refractivity (Wildman–Crippen MR) is 187 cm³/mol. The maximum atomic E-state index is 5.21. The van der Waals surface area contributed by atoms with Gasteiger partial charge in [0.25, 0.3) is 0 Å². The molecule has 2 aliphatic heterocycles. The number of nitrogens with one attached hydrogen (secondary N) is 1. The third-order valence-electron chi connectivity index (χ3n) is 9.67. The lowest BCUT2D eigenvalue weighted by molar-refractivity contribution is 0.625. The van der Waals surface area contributed by atoms with E-state index < -0.39 is 0 Å². The molecule has 0 spiro atoms. The summed E-state index contributed by atoms with van der Waals surface area (Å²) in [5.74, 6) is 0.601. The van der Waals surface area contributed by atoms with Crippen LogP contribution in [0.2, 0.25) is 0 Å². The molecule has 4 aromatic carbocycles. The third-order valence-corrected chi connectivity index (χ3v) is 9.67. The Kier molecular flexibility index (Phi) is 6.15. The fourth-order valence-electron chi connectivity index (χ4n) is 7.53. The van der Waals surface area contributed by atoms with Crippen LogP contribution in [-0.2, 0) is 0 Å². The van der Waals surface area contributed by atoms with Crippen LogP contribution in [0.1, 0.15) is 41.6 Å². The number of hydrogen-bond acceptors (Lipinski definition) is 3. The van der Waals surface area contributed by atoms with E-state index in [2.05, 4.69) is 162 Å². The van der Waals surface area contributed by atoms with Gasteiger partial charge in [0.1, 0.15) is 6.17 Å². The number of hydrogen-bond donors (Lipinski definition) is 1. The van der Waals surface area contributed by atoms with Gasteiger partial charge < -0.3 is 10.2 Å². The van der Waals surface area contributed by atoms with Crippen molar-refractivity contribution in [2.45, 2.75) is 24.9 Å². The normalized spacial score (nSPS) is 22.8. The minimum atomic E-state index is -0.174. The number of fused-ring (bicyclic) bond motifs is 7. The largest absolute Gasteiger partial charge is 0.360 e. The van der Waals surface area contributed by atoms with E-state index in [9.17, 15) is 0 Å². The number of anilines is 2. The van der Waals surface area contributed by atoms with Crippen LogP contribution in [0.4, 0.5) is 11.4 Å². The van der Waals surface area contributed by atoms with Crippen molar-refractivity contribution in [3.8, 4) is 0 Å². The fraction of sp³-hybridized carbons (Fsp3) is 0.119. The average Bonchev–Trinajstić information content (AvgIpc) is 3.48. The standard InChI is InChI=1S/C42H33N3/c1-3-13-30(14-4-1)36-27-37(31-15-5-2-6-16-31)44-42(43-36)32-19-23-33(24-20-32)45-38-25-21-28-11-7-9-17-34(28)40(38)41-35-18-10-8-12-29(35)22-26-39(41)45/h1,3-5,7-27,34,40,42,44H,2,6H2. The van der Waals surface area contributed by atoms with Gasteiger partial charge in [-0.15, -0.1) is 0 Å². The highest BCUT2D eigenvalue weighted by Gasteiger charge is 2.42. The van der Waals surface area contributed by atoms with Gasteiger partial charge in [-0.05, 0) is 81.8 Å². The van der Waals surface area contributed by atoms with E-state index >= 15 is 0 Å². The SMILES string of the molecule is C1=CC2=CC=C3C(c4c(ccc5ccccc45)N3c3ccc(C4N=C(c5ccccc5)C=C(C5=CCCC=C5)N4)cc3)C2C=C1. The van der Waals surface area contributed by atoms with Gasteiger partial charge >= 0.3 is 0 Å². The summed E-state index contributed by atoms with van der Waals surface area (Å²) in [6, 6.07) is 32.9. The second kappa shape index (κ2) is 10.6. The summed E-state index contributed by atoms with van der Waals surface area (Å²) in [6.45, 7) is 0. The molecule has 0 aromatic heterocycles. The Morgan fingerprint density at radius 1 is 0.778 bits per heavy atom. The Labute approximate surface area is 264 Å². The molecule has 0 radical (unpaired) electrons. The van der Waals surface area contributed by atoms with Gasteiger partial charge in [-0.3, -0.25) is 4.99 Å². The van der Waals surface area contributed by atoms with Gasteiger partial charge in [0.15, 0.2) is 0 Å². The van der Waals surface area contributed by atoms with E-state index in [0.29, 0.717) is 5.92 Å². The predicted octanol–water partition coefficient (Wildman–Crippen LogP) is 9.89. The summed E-state index contributed by atoms with van der Waals surface area (Å²) in [4.78, 5) is 7.68. The Morgan fingerprint density at radius 2 is 1.64 bits per heavy atom. The van der Waals surface area contributed by atoms with Crippen molar-refractivity contribution in [2.24, 2.45) is 10.9 Å². The molecule has 0 amide bonds. The monoisotopic (exact) mass is 579 g/mol. The lowest BCUT2D eigenvalue weighted by atomic mass is 9.75. The summed E-state index contributed by atoms with van der Waals surface area (Å²) in [7, 11) is 0. The smallest absolute Gasteiger partial charge is 0.145 e. The van der Waals surface area contributed by atoms with Crippen molar-refractivity contribution >= 4 is 27.9 Å². The number of benzene rings is 4. The topological polar surface area (TPSA) is 27.6 Å². The third kappa shape index (κ3) is 4.38. The highest BCUT2D eigenvalue weighted by molar-refractivity contribution is 6.10. The van der Waals surface area contributed by atoms with E-state index in [1.165, 1.54) is 44.6 Å². The summed E-state index contributed by atoms with van der Waals surface area (Å²) in [5, 5.41) is 6.38. The first kappa shape index (κ1) is 26.0. The quantitative estimate of drug-likeness (QED) is 0.261. The van der Waals surface area contributed by atoms with Gasteiger partial charge in [0.2, 0.25) is 0 Å². The molecule has 3 heteroatoms. The van der Waals surface area contributed by atoms with Crippen LogP contribution < -0.4 is 10.2 Å². The van der Waals surface area contributed by atoms with Crippen molar-refractivity contribution in [3.63, 3.8) is 0 Å². The molecule has 2 heterocycles. The second-order valence-corrected chi connectivity index (χ2v) is 12.3. The maximum absolute atomic E-state index is 5.21. The number of allylic oxidation sites excluding steroid dienone is 12. The minimum absolute atomic E-state index is 0.174. The molecule has 216 valence electrons. The zero-order valence-electron chi connectivity index (χ0n) is 25.0. The Hall–Kier alpha value is -5.41. The Balaban J connectivity index is 1.12. The fourth-order valence-corrected chi connectivity index (χ4v) is 7.53. The first-order valence-corrected chi connectivity index (χ1v) is 16.0. The molecule has 5 aliphatic rings. The van der Waals surface area contributed by atoms with E-state index in [1.54, 1.807) is 0 Å². The Bertz CT molecular complexity index is 2080. The Morgan fingerprint density at radius 3 is 2.51 bits per heavy atom. The molecule has 0 saturated carbocycles. The zero-order valence-corrected chi connectivity index (χ0v) is 25.0. The van der Waals surface area contributed by atoms with E-state index in [1.807, 2.05) is 0 Å². The molecule has 3 atom stereocenters. The molecule has 3 unspecified atom stereocenters. The van der Waals surface area contributed by atoms with Crippen LogP contribution in [-0.4, -0.2) is 5.71 Å². The molecule has 4 aromatic rings. The van der Waals surface area contributed by atoms with Crippen molar-refractivity contribution in [2.75, 3.05) is 4.90 Å². The highest BCUT2D eigenvalue weighted by Crippen LogP contribution is 2.56. The molecular weight excluding hydrogens is 546 g/mol. The van der Waals surface area contributed by atoms with Crippen molar-refractivity contribution in [1.29, 1.82) is 0 Å². The average molecular weight is 580 g/mol. The van der Waals surface area contributed by atoms with E-state index in [0.717, 1.165) is 35.4 Å². The molecule has 3 aliphatic carbocycles. The van der Waals surface area contributed by atoms with Gasteiger partial charge in [-0.2, -0.15) is 0 Å². The van der Waals surface area contributed by atoms with Crippen LogP contribution >= 0.6 is 0 Å². The lowest BCUT2D eigenvalue weighted by Gasteiger charge is -2.31. The molecule has 3 nitrogen and oxygen atoms in total. The number of nitrogens with zero attached hydrogens (tertiary/aromatic N) is 2. The van der Waals surface area contributed by atoms with Crippen LogP contribution in [0.3, 0.4) is 0 Å². The summed E-state index contributed by atoms with van der Waals surface area (Å²) >= 11 is 0. The van der Waals surface area contributed by atoms with Crippen molar-refractivity contribution < 1.29 is 0 Å². The second-order valence-electron chi connectivity index (χ2n) is 12.3. The van der Waals surface area contributed by atoms with Gasteiger partial charge in [-0.25, -0.2) is 0 Å². The van der Waals surface area contributed by atoms with Crippen LogP contribution in [0.5, 0.6) is 0 Å². The molecular formula is C42H33N3. The van der Waals surface area contributed by atoms with Crippen LogP contribution in [0.25, 0.3) is 10.8 Å². The summed E-state index contributed by atoms with van der Waals surface area (Å²) in [6.07, 6.45) is 24.6. The maximum Gasteiger partial charge on any atom is 0.145 e. The lowest BCUT2D eigenvalue weighted by Crippen LogP contribution is -2.26. The van der Waals surface area contributed by atoms with Crippen molar-refractivity contribution in [3.05, 3.63) is 191 Å². The first-order valence-electron chi connectivity index (χ1n) is 16.0. The zero-order chi connectivity index (χ0) is 29.7. The number of rotatable bonds is 4. The molecule has 9 rings (SSSR count). The van der Waals surface area contributed by atoms with E-state index in [-0.39, 0.29) is 12.1 Å². The van der Waals surface area contributed by atoms with Gasteiger partial charge in [0.05, 0.1) is 11.4 Å². The highest BCUT2D eigenvalue weighted by atomic mass is 15.2. The molecule has 45 heavy (non-hydrogen) atoms. The summed E-state index contributed by atoms with van der Waals surface area (Å²) < 4.78 is 0. The first-order chi connectivity index (χ1) is 22.3. The van der Waals surface area contributed by atoms with Crippen molar-refractivity contribution in [1.82, 2.24) is 5.32 Å². The van der Waals surface area contributed by atoms with Crippen LogP contribution in [0.15, 0.2) is 179 Å². The minimum Gasteiger partial charge on any atom is -0.360 e. The van der Waals surface area contributed by atoms with Gasteiger partial charge in [-0.1, -0.05) is 121 Å². The number of aliphatic imine (C=N–C) groups is 1. The molecule has 0 saturated heterocycles. The van der Waals surface area contributed by atoms with E-state index in [4.69, 9.17) is 4.99 Å².